The summed E-state index contributed by atoms with van der Waals surface area (Å²) in [7, 11) is 0. The maximum Gasteiger partial charge on any atom is 0.345 e. The second-order valence-corrected chi connectivity index (χ2v) is 8.63. The van der Waals surface area contributed by atoms with E-state index in [1.54, 1.807) is 9.25 Å². The van der Waals surface area contributed by atoms with Gasteiger partial charge in [-0.2, -0.15) is 5.10 Å². The van der Waals surface area contributed by atoms with Crippen molar-refractivity contribution in [1.82, 2.24) is 29.9 Å². The highest BCUT2D eigenvalue weighted by Crippen LogP contribution is 2.20. The third-order valence-electron chi connectivity index (χ3n) is 5.74. The molecule has 2 unspecified atom stereocenters. The smallest absolute Gasteiger partial charge is 0.338 e. The molecule has 2 N–H and O–H groups in total. The van der Waals surface area contributed by atoms with Gasteiger partial charge in [0, 0.05) is 45.7 Å². The Hall–Kier alpha value is -1.83. The highest BCUT2D eigenvalue weighted by atomic mass is 16.2. The molecule has 8 nitrogen and oxygen atoms in total. The van der Waals surface area contributed by atoms with E-state index in [0.717, 1.165) is 56.4 Å². The van der Waals surface area contributed by atoms with Crippen molar-refractivity contribution in [2.75, 3.05) is 32.7 Å². The Labute approximate surface area is 167 Å². The van der Waals surface area contributed by atoms with Crippen LogP contribution >= 0.6 is 0 Å². The molecule has 3 rings (SSSR count). The number of likely N-dealkylation sites (tertiary alicyclic amines) is 1. The molecule has 0 bridgehead atoms. The first-order chi connectivity index (χ1) is 13.5. The monoisotopic (exact) mass is 392 g/mol. The van der Waals surface area contributed by atoms with E-state index in [2.05, 4.69) is 34.5 Å². The summed E-state index contributed by atoms with van der Waals surface area (Å²) >= 11 is 0. The number of nitrogens with zero attached hydrogens (tertiary/aromatic N) is 4. The summed E-state index contributed by atoms with van der Waals surface area (Å²) < 4.78 is 3.33. The summed E-state index contributed by atoms with van der Waals surface area (Å²) in [5.74, 6) is 2.45. The number of hydrogen-bond acceptors (Lipinski definition) is 4. The van der Waals surface area contributed by atoms with Crippen LogP contribution in [0.4, 0.5) is 4.79 Å². The number of hydrogen-bond donors (Lipinski definition) is 2. The zero-order valence-electron chi connectivity index (χ0n) is 17.5. The molecule has 1 saturated heterocycles. The molecule has 0 aliphatic carbocycles. The normalized spacial score (nSPS) is 22.6. The molecule has 2 amide bonds. The van der Waals surface area contributed by atoms with Gasteiger partial charge < -0.3 is 15.5 Å². The fraction of sp³-hybridized carbons (Fsp3) is 0.850. The second-order valence-electron chi connectivity index (χ2n) is 8.63. The van der Waals surface area contributed by atoms with Gasteiger partial charge in [-0.15, -0.1) is 0 Å². The Morgan fingerprint density at radius 3 is 2.43 bits per heavy atom. The summed E-state index contributed by atoms with van der Waals surface area (Å²) in [5.41, 5.74) is -0.0134. The average Bonchev–Trinajstić information content (AvgIpc) is 2.98. The molecule has 28 heavy (non-hydrogen) atoms. The highest BCUT2D eigenvalue weighted by molar-refractivity contribution is 5.73. The van der Waals surface area contributed by atoms with Gasteiger partial charge in [0.1, 0.15) is 5.82 Å². The fourth-order valence-electron chi connectivity index (χ4n) is 4.57. The van der Waals surface area contributed by atoms with Crippen molar-refractivity contribution in [3.63, 3.8) is 0 Å². The number of piperidine rings is 1. The number of aryl methyl sites for hydroxylation is 2. The van der Waals surface area contributed by atoms with Crippen LogP contribution in [0.25, 0.3) is 0 Å². The number of carbonyl (C=O) groups is 1. The maximum atomic E-state index is 12.2. The Bertz CT molecular complexity index is 687. The summed E-state index contributed by atoms with van der Waals surface area (Å²) in [6.45, 7) is 10.6. The predicted molar refractivity (Wildman–Crippen MR) is 109 cm³/mol. The van der Waals surface area contributed by atoms with E-state index < -0.39 is 0 Å². The molecule has 2 aliphatic rings. The van der Waals surface area contributed by atoms with Gasteiger partial charge in [-0.25, -0.2) is 14.3 Å². The third-order valence-corrected chi connectivity index (χ3v) is 5.74. The molecule has 1 aromatic heterocycles. The van der Waals surface area contributed by atoms with Crippen molar-refractivity contribution in [3.05, 3.63) is 16.3 Å². The van der Waals surface area contributed by atoms with Crippen LogP contribution in [0.15, 0.2) is 4.79 Å². The predicted octanol–water partition coefficient (Wildman–Crippen LogP) is 1.44. The zero-order valence-corrected chi connectivity index (χ0v) is 17.5. The minimum atomic E-state index is -0.128. The highest BCUT2D eigenvalue weighted by Gasteiger charge is 2.21. The lowest BCUT2D eigenvalue weighted by Crippen LogP contribution is -2.41. The molecule has 1 aromatic rings. The number of fused-ring (bicyclic) bond motifs is 1. The first kappa shape index (κ1) is 20.9. The van der Waals surface area contributed by atoms with Gasteiger partial charge in [0.2, 0.25) is 0 Å². The van der Waals surface area contributed by atoms with Crippen LogP contribution in [-0.4, -0.2) is 58.0 Å². The number of aromatic nitrogens is 3. The Balaban J connectivity index is 1.26. The molecule has 0 saturated carbocycles. The third kappa shape index (κ3) is 5.83. The van der Waals surface area contributed by atoms with Crippen molar-refractivity contribution in [1.29, 1.82) is 0 Å². The topological polar surface area (TPSA) is 84.2 Å². The van der Waals surface area contributed by atoms with Gasteiger partial charge in [-0.1, -0.05) is 13.8 Å². The molecule has 0 radical (unpaired) electrons. The lowest BCUT2D eigenvalue weighted by Gasteiger charge is -2.34. The van der Waals surface area contributed by atoms with Crippen LogP contribution in [0.3, 0.4) is 0 Å². The van der Waals surface area contributed by atoms with Gasteiger partial charge in [0.15, 0.2) is 0 Å². The van der Waals surface area contributed by atoms with Gasteiger partial charge >= 0.3 is 11.7 Å². The summed E-state index contributed by atoms with van der Waals surface area (Å²) in [6.07, 6.45) is 6.04. The second kappa shape index (κ2) is 10.1. The van der Waals surface area contributed by atoms with Crippen LogP contribution in [0.1, 0.15) is 51.8 Å². The number of urea groups is 1. The molecular weight excluding hydrogens is 356 g/mol. The molecule has 0 spiro atoms. The van der Waals surface area contributed by atoms with Crippen molar-refractivity contribution < 1.29 is 4.79 Å². The molecule has 3 heterocycles. The molecule has 2 atom stereocenters. The minimum absolute atomic E-state index is 0.0134. The van der Waals surface area contributed by atoms with Crippen LogP contribution in [0.2, 0.25) is 0 Å². The SMILES string of the molecule is CC1CC(C)CN(CCCNC(=O)NCCCn2nc3n(c2=O)CCCC3)C1. The Morgan fingerprint density at radius 1 is 1.07 bits per heavy atom. The standard InChI is InChI=1S/C20H36N6O2/c1-16-13-17(2)15-24(14-16)10-5-8-21-19(27)22-9-6-12-26-20(28)25-11-4-3-7-18(25)23-26/h16-17H,3-15H2,1-2H3,(H2,21,22,27). The molecular formula is C20H36N6O2. The van der Waals surface area contributed by atoms with Crippen LogP contribution in [0.5, 0.6) is 0 Å². The van der Waals surface area contributed by atoms with E-state index in [-0.39, 0.29) is 11.7 Å². The van der Waals surface area contributed by atoms with E-state index in [4.69, 9.17) is 0 Å². The largest absolute Gasteiger partial charge is 0.345 e. The zero-order chi connectivity index (χ0) is 19.9. The Kier molecular flexibility index (Phi) is 7.53. The van der Waals surface area contributed by atoms with Crippen LogP contribution in [-0.2, 0) is 19.5 Å². The van der Waals surface area contributed by atoms with Crippen LogP contribution < -0.4 is 16.3 Å². The summed E-state index contributed by atoms with van der Waals surface area (Å²) in [4.78, 5) is 26.7. The van der Waals surface area contributed by atoms with Crippen molar-refractivity contribution >= 4 is 6.03 Å². The van der Waals surface area contributed by atoms with E-state index in [1.807, 2.05) is 0 Å². The van der Waals surface area contributed by atoms with Gasteiger partial charge in [-0.05, 0) is 50.5 Å². The van der Waals surface area contributed by atoms with Gasteiger partial charge in [-0.3, -0.25) is 4.57 Å². The van der Waals surface area contributed by atoms with Gasteiger partial charge in [0.25, 0.3) is 0 Å². The van der Waals surface area contributed by atoms with Crippen LogP contribution in [0, 0.1) is 11.8 Å². The number of carbonyl (C=O) groups excluding carboxylic acids is 1. The molecule has 0 aromatic carbocycles. The van der Waals surface area contributed by atoms with E-state index in [0.29, 0.717) is 26.1 Å². The number of rotatable bonds is 8. The summed E-state index contributed by atoms with van der Waals surface area (Å²) in [6, 6.07) is -0.128. The fourth-order valence-corrected chi connectivity index (χ4v) is 4.57. The quantitative estimate of drug-likeness (QED) is 0.656. The molecule has 1 fully saturated rings. The van der Waals surface area contributed by atoms with Crippen molar-refractivity contribution in [2.24, 2.45) is 11.8 Å². The Morgan fingerprint density at radius 2 is 1.75 bits per heavy atom. The van der Waals surface area contributed by atoms with E-state index in [1.165, 1.54) is 19.5 Å². The average molecular weight is 393 g/mol. The lowest BCUT2D eigenvalue weighted by atomic mass is 9.92. The molecule has 158 valence electrons. The van der Waals surface area contributed by atoms with Crippen molar-refractivity contribution in [2.45, 2.75) is 65.5 Å². The molecule has 8 heteroatoms. The number of nitrogens with one attached hydrogen (secondary N) is 2. The minimum Gasteiger partial charge on any atom is -0.338 e. The lowest BCUT2D eigenvalue weighted by molar-refractivity contribution is 0.139. The van der Waals surface area contributed by atoms with E-state index in [9.17, 15) is 9.59 Å². The van der Waals surface area contributed by atoms with Crippen molar-refractivity contribution in [3.8, 4) is 0 Å². The summed E-state index contributed by atoms with van der Waals surface area (Å²) in [5, 5.41) is 10.2. The molecule has 2 aliphatic heterocycles. The number of amides is 2. The van der Waals surface area contributed by atoms with E-state index >= 15 is 0 Å². The van der Waals surface area contributed by atoms with Gasteiger partial charge in [0.05, 0.1) is 0 Å². The maximum absolute atomic E-state index is 12.2. The first-order valence-corrected chi connectivity index (χ1v) is 10.9. The first-order valence-electron chi connectivity index (χ1n) is 10.9.